The molecule has 1 rings (SSSR count). The summed E-state index contributed by atoms with van der Waals surface area (Å²) in [4.78, 5) is 4.70. The minimum absolute atomic E-state index is 0.755. The van der Waals surface area contributed by atoms with E-state index >= 15 is 0 Å². The van der Waals surface area contributed by atoms with Crippen molar-refractivity contribution < 1.29 is 0 Å². The zero-order valence-electron chi connectivity index (χ0n) is 10.1. The molecule has 0 aliphatic heterocycles. The summed E-state index contributed by atoms with van der Waals surface area (Å²) in [6, 6.07) is 0. The highest BCUT2D eigenvalue weighted by Crippen LogP contribution is 2.23. The van der Waals surface area contributed by atoms with Gasteiger partial charge in [-0.05, 0) is 38.0 Å². The molecule has 0 radical (unpaired) electrons. The van der Waals surface area contributed by atoms with Crippen LogP contribution < -0.4 is 0 Å². The first-order valence-electron chi connectivity index (χ1n) is 6.18. The van der Waals surface area contributed by atoms with E-state index in [9.17, 15) is 0 Å². The molecule has 0 spiro atoms. The maximum atomic E-state index is 4.70. The highest BCUT2D eigenvalue weighted by Gasteiger charge is 2.12. The molecule has 14 heavy (non-hydrogen) atoms. The second kappa shape index (κ2) is 6.21. The molecule has 1 fully saturated rings. The topological polar surface area (TPSA) is 12.4 Å². The van der Waals surface area contributed by atoms with Gasteiger partial charge in [0.05, 0.1) is 0 Å². The van der Waals surface area contributed by atoms with Gasteiger partial charge < -0.3 is 0 Å². The summed E-state index contributed by atoms with van der Waals surface area (Å²) in [5, 5.41) is 0. The third-order valence-corrected chi connectivity index (χ3v) is 3.05. The van der Waals surface area contributed by atoms with Gasteiger partial charge in [-0.25, -0.2) is 0 Å². The third-order valence-electron chi connectivity index (χ3n) is 3.05. The molecule has 1 nitrogen and oxygen atoms in total. The van der Waals surface area contributed by atoms with Crippen LogP contribution >= 0.6 is 0 Å². The maximum Gasteiger partial charge on any atom is 0.0416 e. The first-order valence-corrected chi connectivity index (χ1v) is 6.18. The zero-order valence-corrected chi connectivity index (χ0v) is 10.1. The zero-order chi connectivity index (χ0) is 10.4. The van der Waals surface area contributed by atoms with Crippen LogP contribution in [-0.4, -0.2) is 12.3 Å². The lowest BCUT2D eigenvalue weighted by molar-refractivity contribution is 0.366. The number of aliphatic imine (C=N–C) groups is 1. The van der Waals surface area contributed by atoms with Gasteiger partial charge in [0.1, 0.15) is 0 Å². The highest BCUT2D eigenvalue weighted by atomic mass is 14.7. The van der Waals surface area contributed by atoms with Gasteiger partial charge in [0.25, 0.3) is 0 Å². The number of hydrogen-bond acceptors (Lipinski definition) is 1. The van der Waals surface area contributed by atoms with Crippen LogP contribution in [0.3, 0.4) is 0 Å². The normalized spacial score (nSPS) is 20.4. The van der Waals surface area contributed by atoms with Gasteiger partial charge in [0.2, 0.25) is 0 Å². The van der Waals surface area contributed by atoms with Gasteiger partial charge in [-0.3, -0.25) is 4.99 Å². The molecule has 1 aliphatic rings. The van der Waals surface area contributed by atoms with Crippen LogP contribution in [0.5, 0.6) is 0 Å². The van der Waals surface area contributed by atoms with E-state index in [1.807, 2.05) is 0 Å². The Hall–Kier alpha value is -0.330. The van der Waals surface area contributed by atoms with Crippen molar-refractivity contribution in [1.82, 2.24) is 0 Å². The Bertz CT molecular complexity index is 176. The molecule has 0 saturated heterocycles. The Morgan fingerprint density at radius 3 is 2.43 bits per heavy atom. The molecule has 1 aliphatic carbocycles. The molecule has 1 heteroatoms. The quantitative estimate of drug-likeness (QED) is 0.599. The Morgan fingerprint density at radius 1 is 1.21 bits per heavy atom. The Labute approximate surface area is 89.0 Å². The summed E-state index contributed by atoms with van der Waals surface area (Å²) in [5.74, 6) is 1.65. The van der Waals surface area contributed by atoms with E-state index in [1.165, 1.54) is 44.2 Å². The van der Waals surface area contributed by atoms with Crippen LogP contribution in [0.4, 0.5) is 0 Å². The number of hydrogen-bond donors (Lipinski definition) is 0. The summed E-state index contributed by atoms with van der Waals surface area (Å²) < 4.78 is 0. The van der Waals surface area contributed by atoms with E-state index in [1.54, 1.807) is 0 Å². The molecule has 1 saturated carbocycles. The summed E-state index contributed by atoms with van der Waals surface area (Å²) in [6.07, 6.45) is 8.32. The molecule has 0 aromatic carbocycles. The fourth-order valence-corrected chi connectivity index (χ4v) is 2.31. The van der Waals surface area contributed by atoms with Gasteiger partial charge in [-0.15, -0.1) is 0 Å². The molecule has 0 amide bonds. The molecule has 0 unspecified atom stereocenters. The average Bonchev–Trinajstić information content (AvgIpc) is 2.15. The maximum absolute atomic E-state index is 4.70. The van der Waals surface area contributed by atoms with E-state index in [4.69, 9.17) is 4.99 Å². The molecular formula is C13H25N. The lowest BCUT2D eigenvalue weighted by atomic mass is 9.89. The molecule has 0 aromatic heterocycles. The smallest absolute Gasteiger partial charge is 0.0416 e. The molecule has 0 bridgehead atoms. The van der Waals surface area contributed by atoms with Crippen LogP contribution in [0.2, 0.25) is 0 Å². The van der Waals surface area contributed by atoms with Crippen molar-refractivity contribution in [2.75, 3.05) is 6.54 Å². The van der Waals surface area contributed by atoms with Crippen LogP contribution in [0, 0.1) is 11.8 Å². The average molecular weight is 195 g/mol. The summed E-state index contributed by atoms with van der Waals surface area (Å²) in [6.45, 7) is 7.81. The minimum atomic E-state index is 0.755. The lowest BCUT2D eigenvalue weighted by Gasteiger charge is -2.19. The SMILES string of the molecule is CC(CC(C)C)=NCC1CCCCC1. The van der Waals surface area contributed by atoms with Crippen LogP contribution in [-0.2, 0) is 0 Å². The standard InChI is InChI=1S/C13H25N/c1-11(2)9-12(3)14-10-13-7-5-4-6-8-13/h11,13H,4-10H2,1-3H3. The van der Waals surface area contributed by atoms with Gasteiger partial charge in [0.15, 0.2) is 0 Å². The van der Waals surface area contributed by atoms with E-state index in [0.29, 0.717) is 0 Å². The van der Waals surface area contributed by atoms with Crippen LogP contribution in [0.25, 0.3) is 0 Å². The van der Waals surface area contributed by atoms with Crippen molar-refractivity contribution in [2.45, 2.75) is 59.3 Å². The first kappa shape index (κ1) is 11.7. The van der Waals surface area contributed by atoms with E-state index in [0.717, 1.165) is 18.4 Å². The van der Waals surface area contributed by atoms with Crippen molar-refractivity contribution in [3.63, 3.8) is 0 Å². The second-order valence-corrected chi connectivity index (χ2v) is 5.18. The fraction of sp³-hybridized carbons (Fsp3) is 0.923. The van der Waals surface area contributed by atoms with Crippen molar-refractivity contribution in [2.24, 2.45) is 16.8 Å². The van der Waals surface area contributed by atoms with Crippen molar-refractivity contribution in [3.05, 3.63) is 0 Å². The van der Waals surface area contributed by atoms with Crippen LogP contribution in [0.15, 0.2) is 4.99 Å². The predicted octanol–water partition coefficient (Wildman–Crippen LogP) is 4.07. The highest BCUT2D eigenvalue weighted by molar-refractivity contribution is 5.82. The van der Waals surface area contributed by atoms with Gasteiger partial charge in [-0.2, -0.15) is 0 Å². The van der Waals surface area contributed by atoms with E-state index in [2.05, 4.69) is 20.8 Å². The molecule has 0 heterocycles. The Balaban J connectivity index is 2.22. The second-order valence-electron chi connectivity index (χ2n) is 5.18. The van der Waals surface area contributed by atoms with Gasteiger partial charge in [0, 0.05) is 12.3 Å². The van der Waals surface area contributed by atoms with Crippen molar-refractivity contribution in [3.8, 4) is 0 Å². The summed E-state index contributed by atoms with van der Waals surface area (Å²) >= 11 is 0. The number of nitrogens with zero attached hydrogens (tertiary/aromatic N) is 1. The first-order chi connectivity index (χ1) is 6.68. The molecule has 0 N–H and O–H groups in total. The molecule has 82 valence electrons. The summed E-state index contributed by atoms with van der Waals surface area (Å²) in [5.41, 5.74) is 1.35. The monoisotopic (exact) mass is 195 g/mol. The van der Waals surface area contributed by atoms with Crippen LogP contribution in [0.1, 0.15) is 59.3 Å². The molecule has 0 aromatic rings. The predicted molar refractivity (Wildman–Crippen MR) is 64.0 cm³/mol. The third kappa shape index (κ3) is 4.78. The van der Waals surface area contributed by atoms with Gasteiger partial charge in [-0.1, -0.05) is 33.1 Å². The fourth-order valence-electron chi connectivity index (χ4n) is 2.31. The molecular weight excluding hydrogens is 170 g/mol. The van der Waals surface area contributed by atoms with Gasteiger partial charge >= 0.3 is 0 Å². The van der Waals surface area contributed by atoms with Crippen molar-refractivity contribution >= 4 is 5.71 Å². The Morgan fingerprint density at radius 2 is 1.86 bits per heavy atom. The van der Waals surface area contributed by atoms with E-state index in [-0.39, 0.29) is 0 Å². The molecule has 0 atom stereocenters. The van der Waals surface area contributed by atoms with E-state index < -0.39 is 0 Å². The minimum Gasteiger partial charge on any atom is -0.294 e. The van der Waals surface area contributed by atoms with Crippen molar-refractivity contribution in [1.29, 1.82) is 0 Å². The number of rotatable bonds is 4. The Kier molecular flexibility index (Phi) is 5.21. The summed E-state index contributed by atoms with van der Waals surface area (Å²) in [7, 11) is 0. The lowest BCUT2D eigenvalue weighted by Crippen LogP contribution is -2.11. The largest absolute Gasteiger partial charge is 0.294 e.